The first-order chi connectivity index (χ1) is 8.04. The van der Waals surface area contributed by atoms with E-state index in [9.17, 15) is 14.9 Å². The number of fused-ring (bicyclic) bond motifs is 1. The Morgan fingerprint density at radius 1 is 1.53 bits per heavy atom. The molecule has 1 heterocycles. The Labute approximate surface area is 94.3 Å². The number of nitrogens with zero attached hydrogens (tertiary/aromatic N) is 2. The van der Waals surface area contributed by atoms with Gasteiger partial charge >= 0.3 is 11.7 Å². The molecule has 0 spiro atoms. The van der Waals surface area contributed by atoms with Gasteiger partial charge < -0.3 is 10.1 Å². The third kappa shape index (κ3) is 1.57. The van der Waals surface area contributed by atoms with Gasteiger partial charge in [-0.25, -0.2) is 9.64 Å². The highest BCUT2D eigenvalue weighted by Crippen LogP contribution is 2.32. The molecule has 0 unspecified atom stereocenters. The molecule has 0 saturated heterocycles. The molecule has 7 heteroatoms. The number of H-pyrrole nitrogens is 1. The van der Waals surface area contributed by atoms with Crippen LogP contribution < -0.4 is 0 Å². The van der Waals surface area contributed by atoms with Crippen LogP contribution in [0.25, 0.3) is 15.7 Å². The number of carboxylic acid groups (broad SMARTS) is 1. The second kappa shape index (κ2) is 3.61. The molecule has 0 aliphatic carbocycles. The molecule has 84 valence electrons. The molecule has 1 aromatic carbocycles. The van der Waals surface area contributed by atoms with Gasteiger partial charge in [-0.1, -0.05) is 12.1 Å². The highest BCUT2D eigenvalue weighted by Gasteiger charge is 2.26. The summed E-state index contributed by atoms with van der Waals surface area (Å²) in [6, 6.07) is 4.15. The fraction of sp³-hybridized carbons (Fsp3) is 0. The quantitative estimate of drug-likeness (QED) is 0.470. The van der Waals surface area contributed by atoms with E-state index in [0.29, 0.717) is 0 Å². The lowest BCUT2D eigenvalue weighted by Crippen LogP contribution is -2.01. The maximum absolute atomic E-state index is 10.9. The third-order valence-electron chi connectivity index (χ3n) is 2.28. The highest BCUT2D eigenvalue weighted by molar-refractivity contribution is 6.03. The van der Waals surface area contributed by atoms with Crippen molar-refractivity contribution in [2.75, 3.05) is 0 Å². The molecular weight excluding hydrogens is 226 g/mol. The first-order valence-electron chi connectivity index (χ1n) is 4.45. The Morgan fingerprint density at radius 3 is 2.76 bits per heavy atom. The molecule has 0 radical (unpaired) electrons. The van der Waals surface area contributed by atoms with Crippen LogP contribution in [0.15, 0.2) is 18.2 Å². The summed E-state index contributed by atoms with van der Waals surface area (Å²) < 4.78 is 0. The number of hydrogen-bond donors (Lipinski definition) is 2. The molecule has 7 nitrogen and oxygen atoms in total. The zero-order valence-corrected chi connectivity index (χ0v) is 8.30. The van der Waals surface area contributed by atoms with Gasteiger partial charge in [-0.3, -0.25) is 10.1 Å². The van der Waals surface area contributed by atoms with E-state index in [4.69, 9.17) is 11.7 Å². The summed E-state index contributed by atoms with van der Waals surface area (Å²) >= 11 is 0. The summed E-state index contributed by atoms with van der Waals surface area (Å²) in [7, 11) is 0. The fourth-order valence-corrected chi connectivity index (χ4v) is 1.58. The highest BCUT2D eigenvalue weighted by atomic mass is 16.6. The number of carbonyl (C=O) groups is 1. The van der Waals surface area contributed by atoms with Crippen LogP contribution in [0.4, 0.5) is 11.4 Å². The number of rotatable bonds is 2. The molecule has 2 rings (SSSR count). The van der Waals surface area contributed by atoms with Crippen molar-refractivity contribution in [3.8, 4) is 0 Å². The standard InChI is InChI=1S/C10H5N3O4/c1-11-5-2-3-6-7(4-5)12-8(10(14)15)9(6)13(16)17/h2-4,12H,(H,14,15). The zero-order valence-electron chi connectivity index (χ0n) is 8.30. The minimum absolute atomic E-state index is 0.180. The van der Waals surface area contributed by atoms with Gasteiger partial charge in [-0.15, -0.1) is 0 Å². The number of hydrogen-bond acceptors (Lipinski definition) is 3. The summed E-state index contributed by atoms with van der Waals surface area (Å²) in [5, 5.41) is 19.8. The van der Waals surface area contributed by atoms with Crippen molar-refractivity contribution < 1.29 is 14.8 Å². The molecule has 2 aromatic rings. The average molecular weight is 231 g/mol. The van der Waals surface area contributed by atoms with E-state index in [1.807, 2.05) is 0 Å². The number of nitro groups is 1. The fourth-order valence-electron chi connectivity index (χ4n) is 1.58. The summed E-state index contributed by atoms with van der Waals surface area (Å²) in [5.74, 6) is -1.41. The van der Waals surface area contributed by atoms with E-state index in [-0.39, 0.29) is 16.6 Å². The molecule has 0 aliphatic rings. The number of benzene rings is 1. The van der Waals surface area contributed by atoms with E-state index >= 15 is 0 Å². The van der Waals surface area contributed by atoms with Gasteiger partial charge in [0.15, 0.2) is 5.69 Å². The third-order valence-corrected chi connectivity index (χ3v) is 2.28. The maximum atomic E-state index is 10.9. The number of aromatic amines is 1. The number of aromatic carboxylic acids is 1. The maximum Gasteiger partial charge on any atom is 0.359 e. The van der Waals surface area contributed by atoms with Crippen molar-refractivity contribution in [3.05, 3.63) is 45.4 Å². The molecule has 2 N–H and O–H groups in total. The topological polar surface area (TPSA) is 101 Å². The van der Waals surface area contributed by atoms with Gasteiger partial charge in [0.1, 0.15) is 0 Å². The SMILES string of the molecule is [C-]#[N+]c1ccc2c([N+](=O)[O-])c(C(=O)O)[nH]c2c1. The summed E-state index contributed by atoms with van der Waals surface area (Å²) in [4.78, 5) is 26.5. The molecule has 0 amide bonds. The van der Waals surface area contributed by atoms with Crippen LogP contribution in [0.3, 0.4) is 0 Å². The first kappa shape index (κ1) is 10.6. The second-order valence-corrected chi connectivity index (χ2v) is 3.25. The molecule has 0 atom stereocenters. The second-order valence-electron chi connectivity index (χ2n) is 3.25. The molecule has 0 fully saturated rings. The Bertz CT molecular complexity index is 681. The van der Waals surface area contributed by atoms with Crippen LogP contribution in [0.1, 0.15) is 10.5 Å². The lowest BCUT2D eigenvalue weighted by Gasteiger charge is -1.91. The summed E-state index contributed by atoms with van der Waals surface area (Å²) in [5.41, 5.74) is -0.413. The predicted octanol–water partition coefficient (Wildman–Crippen LogP) is 2.33. The Hall–Kier alpha value is -2.88. The smallest absolute Gasteiger partial charge is 0.359 e. The van der Waals surface area contributed by atoms with Gasteiger partial charge in [-0.05, 0) is 6.07 Å². The molecular formula is C10H5N3O4. The molecule has 0 aliphatic heterocycles. The van der Waals surface area contributed by atoms with Gasteiger partial charge in [0, 0.05) is 5.52 Å². The van der Waals surface area contributed by atoms with Crippen molar-refractivity contribution in [1.82, 2.24) is 4.98 Å². The van der Waals surface area contributed by atoms with Crippen molar-refractivity contribution >= 4 is 28.2 Å². The number of carboxylic acids is 1. The Morgan fingerprint density at radius 2 is 2.24 bits per heavy atom. The van der Waals surface area contributed by atoms with Crippen molar-refractivity contribution in [2.45, 2.75) is 0 Å². The summed E-state index contributed by atoms with van der Waals surface area (Å²) in [6.07, 6.45) is 0. The van der Waals surface area contributed by atoms with Gasteiger partial charge in [0.25, 0.3) is 0 Å². The van der Waals surface area contributed by atoms with Crippen molar-refractivity contribution in [3.63, 3.8) is 0 Å². The Kier molecular flexibility index (Phi) is 2.25. The summed E-state index contributed by atoms with van der Waals surface area (Å²) in [6.45, 7) is 6.81. The largest absolute Gasteiger partial charge is 0.476 e. The van der Waals surface area contributed by atoms with E-state index < -0.39 is 22.3 Å². The van der Waals surface area contributed by atoms with Crippen molar-refractivity contribution in [2.24, 2.45) is 0 Å². The average Bonchev–Trinajstić information content (AvgIpc) is 2.66. The van der Waals surface area contributed by atoms with E-state index in [2.05, 4.69) is 9.83 Å². The monoisotopic (exact) mass is 231 g/mol. The molecule has 1 aromatic heterocycles. The van der Waals surface area contributed by atoms with Crippen LogP contribution >= 0.6 is 0 Å². The minimum Gasteiger partial charge on any atom is -0.476 e. The van der Waals surface area contributed by atoms with E-state index in [0.717, 1.165) is 0 Å². The normalized spacial score (nSPS) is 10.1. The zero-order chi connectivity index (χ0) is 12.6. The van der Waals surface area contributed by atoms with Gasteiger partial charge in [-0.2, -0.15) is 0 Å². The van der Waals surface area contributed by atoms with Crippen molar-refractivity contribution in [1.29, 1.82) is 0 Å². The van der Waals surface area contributed by atoms with Crippen LogP contribution in [-0.2, 0) is 0 Å². The molecule has 17 heavy (non-hydrogen) atoms. The first-order valence-corrected chi connectivity index (χ1v) is 4.45. The number of aromatic nitrogens is 1. The Balaban J connectivity index is 2.85. The number of nitrogens with one attached hydrogen (secondary N) is 1. The predicted molar refractivity (Wildman–Crippen MR) is 58.2 cm³/mol. The van der Waals surface area contributed by atoms with Gasteiger partial charge in [0.05, 0.1) is 16.9 Å². The molecule has 0 bridgehead atoms. The van der Waals surface area contributed by atoms with E-state index in [1.54, 1.807) is 0 Å². The van der Waals surface area contributed by atoms with Crippen LogP contribution in [0.2, 0.25) is 0 Å². The van der Waals surface area contributed by atoms with Crippen LogP contribution in [0, 0.1) is 16.7 Å². The van der Waals surface area contributed by atoms with Crippen LogP contribution in [-0.4, -0.2) is 21.0 Å². The molecule has 0 saturated carbocycles. The van der Waals surface area contributed by atoms with E-state index in [1.165, 1.54) is 18.2 Å². The van der Waals surface area contributed by atoms with Crippen LogP contribution in [0.5, 0.6) is 0 Å². The minimum atomic E-state index is -1.41. The lowest BCUT2D eigenvalue weighted by atomic mass is 10.2. The van der Waals surface area contributed by atoms with Gasteiger partial charge in [0.2, 0.25) is 5.69 Å². The lowest BCUT2D eigenvalue weighted by molar-refractivity contribution is -0.383.